The molecular formula is C14H16ClF3N6. The molecule has 2 aromatic rings. The van der Waals surface area contributed by atoms with Gasteiger partial charge < -0.3 is 10.6 Å². The van der Waals surface area contributed by atoms with E-state index >= 15 is 0 Å². The second-order valence-corrected chi connectivity index (χ2v) is 5.34. The summed E-state index contributed by atoms with van der Waals surface area (Å²) in [7, 11) is 0. The summed E-state index contributed by atoms with van der Waals surface area (Å²) in [5.41, 5.74) is -0.304. The molecule has 0 fully saturated rings. The SMILES string of the molecule is [2H]c1c(Cl)nc(-c2nc(NC(C)C)nc(N[C@]([2H])(C)C(F)(F)F)n2)c([2H])c1[2H]. The first-order chi connectivity index (χ1) is 12.7. The van der Waals surface area contributed by atoms with Crippen LogP contribution in [0.15, 0.2) is 18.1 Å². The molecule has 0 aliphatic rings. The predicted molar refractivity (Wildman–Crippen MR) is 86.0 cm³/mol. The fraction of sp³-hybridized carbons (Fsp3) is 0.429. The molecule has 10 heteroatoms. The number of nitrogens with one attached hydrogen (secondary N) is 2. The maximum Gasteiger partial charge on any atom is 0.408 e. The van der Waals surface area contributed by atoms with Gasteiger partial charge in [0, 0.05) is 6.04 Å². The van der Waals surface area contributed by atoms with Gasteiger partial charge in [-0.2, -0.15) is 28.1 Å². The van der Waals surface area contributed by atoms with Gasteiger partial charge in [-0.3, -0.25) is 0 Å². The molecule has 0 saturated heterocycles. The molecule has 2 heterocycles. The van der Waals surface area contributed by atoms with Crippen molar-refractivity contribution in [2.45, 2.75) is 39.0 Å². The van der Waals surface area contributed by atoms with Gasteiger partial charge in [-0.1, -0.05) is 17.6 Å². The highest BCUT2D eigenvalue weighted by atomic mass is 35.5. The Balaban J connectivity index is 2.63. The van der Waals surface area contributed by atoms with Crippen LogP contribution < -0.4 is 10.6 Å². The molecule has 2 aromatic heterocycles. The van der Waals surface area contributed by atoms with Crippen molar-refractivity contribution < 1.29 is 18.7 Å². The van der Waals surface area contributed by atoms with Gasteiger partial charge in [0.2, 0.25) is 11.9 Å². The van der Waals surface area contributed by atoms with Gasteiger partial charge >= 0.3 is 6.18 Å². The molecule has 0 radical (unpaired) electrons. The second-order valence-electron chi connectivity index (χ2n) is 4.98. The van der Waals surface area contributed by atoms with E-state index in [1.807, 2.05) is 5.32 Å². The second kappa shape index (κ2) is 7.16. The van der Waals surface area contributed by atoms with Crippen LogP contribution in [0.2, 0.25) is 5.15 Å². The molecule has 0 bridgehead atoms. The lowest BCUT2D eigenvalue weighted by molar-refractivity contribution is -0.138. The van der Waals surface area contributed by atoms with Crippen LogP contribution in [0.5, 0.6) is 0 Å². The highest BCUT2D eigenvalue weighted by molar-refractivity contribution is 6.29. The van der Waals surface area contributed by atoms with E-state index in [2.05, 4.69) is 25.3 Å². The molecule has 0 unspecified atom stereocenters. The normalized spacial score (nSPS) is 16.7. The van der Waals surface area contributed by atoms with Gasteiger partial charge in [0.15, 0.2) is 5.82 Å². The summed E-state index contributed by atoms with van der Waals surface area (Å²) in [6.45, 7) is 4.07. The average molecular weight is 365 g/mol. The molecule has 0 saturated carbocycles. The lowest BCUT2D eigenvalue weighted by atomic mass is 10.3. The quantitative estimate of drug-likeness (QED) is 0.786. The van der Waals surface area contributed by atoms with E-state index in [1.54, 1.807) is 13.8 Å². The predicted octanol–water partition coefficient (Wildman–Crippen LogP) is 3.77. The highest BCUT2D eigenvalue weighted by Crippen LogP contribution is 2.24. The van der Waals surface area contributed by atoms with E-state index in [9.17, 15) is 13.2 Å². The minimum Gasteiger partial charge on any atom is -0.352 e. The summed E-state index contributed by atoms with van der Waals surface area (Å²) < 4.78 is 69.8. The number of nitrogens with zero attached hydrogens (tertiary/aromatic N) is 4. The average Bonchev–Trinajstić information content (AvgIpc) is 2.53. The Morgan fingerprint density at radius 2 is 1.71 bits per heavy atom. The molecule has 2 N–H and O–H groups in total. The van der Waals surface area contributed by atoms with Crippen LogP contribution in [0.3, 0.4) is 0 Å². The summed E-state index contributed by atoms with van der Waals surface area (Å²) in [5, 5.41) is 4.28. The standard InChI is InChI=1S/C14H16ClF3N6/c1-7(2)19-12-22-11(9-5-4-6-10(15)21-9)23-13(24-12)20-8(3)14(16,17)18/h4-8H,1-3H3,(H2,19,20,22,23,24)/t8-/m1/s1/i4D,5D,6D,8D. The number of hydrogen-bond donors (Lipinski definition) is 2. The molecule has 1 atom stereocenters. The first-order valence-electron chi connectivity index (χ1n) is 8.74. The van der Waals surface area contributed by atoms with Crippen molar-refractivity contribution in [3.8, 4) is 11.5 Å². The van der Waals surface area contributed by atoms with E-state index in [0.29, 0.717) is 6.92 Å². The molecule has 24 heavy (non-hydrogen) atoms. The molecule has 0 aromatic carbocycles. The Kier molecular flexibility index (Phi) is 3.93. The molecule has 0 aliphatic carbocycles. The van der Waals surface area contributed by atoms with Crippen LogP contribution in [0.1, 0.15) is 26.3 Å². The van der Waals surface area contributed by atoms with Gasteiger partial charge in [0.1, 0.15) is 16.9 Å². The number of aromatic nitrogens is 4. The molecule has 0 amide bonds. The number of rotatable bonds is 5. The summed E-state index contributed by atoms with van der Waals surface area (Å²) in [4.78, 5) is 15.4. The van der Waals surface area contributed by atoms with Crippen molar-refractivity contribution in [2.24, 2.45) is 0 Å². The lowest BCUT2D eigenvalue weighted by Crippen LogP contribution is -2.34. The third kappa shape index (κ3) is 4.92. The van der Waals surface area contributed by atoms with Crippen LogP contribution in [0.25, 0.3) is 11.5 Å². The van der Waals surface area contributed by atoms with Crippen LogP contribution >= 0.6 is 11.6 Å². The van der Waals surface area contributed by atoms with E-state index in [4.69, 9.17) is 17.1 Å². The van der Waals surface area contributed by atoms with Crippen molar-refractivity contribution in [3.63, 3.8) is 0 Å². The maximum atomic E-state index is 13.0. The Labute approximate surface area is 147 Å². The Hall–Kier alpha value is -2.16. The molecule has 0 aliphatic heterocycles. The van der Waals surface area contributed by atoms with Crippen molar-refractivity contribution in [1.29, 1.82) is 0 Å². The van der Waals surface area contributed by atoms with E-state index < -0.39 is 36.3 Å². The lowest BCUT2D eigenvalue weighted by Gasteiger charge is -2.18. The zero-order chi connectivity index (χ0) is 21.4. The van der Waals surface area contributed by atoms with Crippen LogP contribution in [0, 0.1) is 0 Å². The maximum absolute atomic E-state index is 13.0. The first-order valence-corrected chi connectivity index (χ1v) is 7.12. The number of halogens is 4. The van der Waals surface area contributed by atoms with Crippen molar-refractivity contribution in [2.75, 3.05) is 10.6 Å². The molecular weight excluding hydrogens is 345 g/mol. The van der Waals surface area contributed by atoms with Gasteiger partial charge in [0.25, 0.3) is 0 Å². The Morgan fingerprint density at radius 1 is 1.08 bits per heavy atom. The zero-order valence-corrected chi connectivity index (χ0v) is 13.6. The first kappa shape index (κ1) is 13.2. The Bertz CT molecular complexity index is 894. The van der Waals surface area contributed by atoms with Gasteiger partial charge in [-0.05, 0) is 32.9 Å². The number of pyridine rings is 1. The third-order valence-corrected chi connectivity index (χ3v) is 2.73. The van der Waals surface area contributed by atoms with Crippen molar-refractivity contribution >= 4 is 23.5 Å². The summed E-state index contributed by atoms with van der Waals surface area (Å²) in [6.07, 6.45) is -4.92. The van der Waals surface area contributed by atoms with Crippen molar-refractivity contribution in [3.05, 3.63) is 23.3 Å². The molecule has 130 valence electrons. The molecule has 6 nitrogen and oxygen atoms in total. The minimum atomic E-state index is -4.92. The van der Waals surface area contributed by atoms with Gasteiger partial charge in [0.05, 0.1) is 5.48 Å². The number of alkyl halides is 3. The largest absolute Gasteiger partial charge is 0.408 e. The summed E-state index contributed by atoms with van der Waals surface area (Å²) in [5.74, 6) is -1.04. The minimum absolute atomic E-state index is 0.126. The van der Waals surface area contributed by atoms with Gasteiger partial charge in [-0.25, -0.2) is 4.98 Å². The summed E-state index contributed by atoms with van der Waals surface area (Å²) >= 11 is 5.79. The van der Waals surface area contributed by atoms with Crippen LogP contribution in [-0.4, -0.2) is 38.2 Å². The fourth-order valence-electron chi connectivity index (χ4n) is 1.50. The number of hydrogen-bond acceptors (Lipinski definition) is 6. The molecule has 0 spiro atoms. The van der Waals surface area contributed by atoms with E-state index in [0.717, 1.165) is 0 Å². The topological polar surface area (TPSA) is 75.6 Å². The third-order valence-electron chi connectivity index (χ3n) is 2.55. The number of anilines is 2. The Morgan fingerprint density at radius 3 is 2.29 bits per heavy atom. The van der Waals surface area contributed by atoms with E-state index in [-0.39, 0.29) is 28.7 Å². The van der Waals surface area contributed by atoms with Crippen LogP contribution in [0.4, 0.5) is 25.1 Å². The fourth-order valence-corrected chi connectivity index (χ4v) is 1.63. The monoisotopic (exact) mass is 364 g/mol. The molecule has 2 rings (SSSR count). The smallest absolute Gasteiger partial charge is 0.352 e. The zero-order valence-electron chi connectivity index (χ0n) is 16.9. The van der Waals surface area contributed by atoms with Gasteiger partial charge in [-0.15, -0.1) is 0 Å². The van der Waals surface area contributed by atoms with Crippen LogP contribution in [-0.2, 0) is 0 Å². The van der Waals surface area contributed by atoms with E-state index in [1.165, 1.54) is 0 Å². The highest BCUT2D eigenvalue weighted by Gasteiger charge is 2.36. The van der Waals surface area contributed by atoms with Crippen molar-refractivity contribution in [1.82, 2.24) is 19.9 Å². The summed E-state index contributed by atoms with van der Waals surface area (Å²) in [6, 6.07) is -4.82.